The molecule has 37 heavy (non-hydrogen) atoms. The van der Waals surface area contributed by atoms with Crippen molar-refractivity contribution >= 4 is 11.9 Å². The van der Waals surface area contributed by atoms with Gasteiger partial charge in [-0.05, 0) is 24.3 Å². The summed E-state index contributed by atoms with van der Waals surface area (Å²) in [7, 11) is 0. The number of carbonyl (C=O) groups excluding carboxylic acids is 2. The minimum absolute atomic E-state index is 0.0908. The van der Waals surface area contributed by atoms with Crippen LogP contribution in [0.2, 0.25) is 0 Å². The van der Waals surface area contributed by atoms with Crippen LogP contribution in [-0.2, 0) is 14.2 Å². The number of rotatable bonds is 8. The number of aliphatic hydroxyl groups is 6. The number of hydrogen-bond acceptors (Lipinski definition) is 14. The molecule has 2 aliphatic heterocycles. The van der Waals surface area contributed by atoms with Crippen LogP contribution in [0.15, 0.2) is 30.6 Å². The van der Waals surface area contributed by atoms with Crippen LogP contribution in [0.3, 0.4) is 0 Å². The predicted octanol–water partition coefficient (Wildman–Crippen LogP) is -3.97. The molecule has 16 nitrogen and oxygen atoms in total. The molecular formula is C21H26N4O12. The van der Waals surface area contributed by atoms with Gasteiger partial charge in [0.2, 0.25) is 12.1 Å². The molecule has 2 fully saturated rings. The SMILES string of the molecule is NC(=O)c1ncn([C@@H]2O[C@H](COC(=O)c3ccc(O[C@@H]4OC(CO)[C@H](O)C(O)C4O)cc3)[C@@H](O)[C@H]2O)n1. The van der Waals surface area contributed by atoms with Crippen LogP contribution >= 0.6 is 0 Å². The first-order chi connectivity index (χ1) is 17.6. The van der Waals surface area contributed by atoms with Crippen molar-refractivity contribution in [2.24, 2.45) is 5.73 Å². The number of ether oxygens (including phenoxy) is 4. The van der Waals surface area contributed by atoms with Gasteiger partial charge < -0.3 is 55.3 Å². The van der Waals surface area contributed by atoms with Crippen molar-refractivity contribution in [3.63, 3.8) is 0 Å². The minimum atomic E-state index is -1.61. The molecule has 16 heteroatoms. The van der Waals surface area contributed by atoms with Crippen molar-refractivity contribution in [3.05, 3.63) is 42.0 Å². The maximum absolute atomic E-state index is 12.4. The molecule has 0 saturated carbocycles. The fourth-order valence-electron chi connectivity index (χ4n) is 3.81. The van der Waals surface area contributed by atoms with Gasteiger partial charge in [-0.3, -0.25) is 4.79 Å². The van der Waals surface area contributed by atoms with E-state index in [-0.39, 0.29) is 17.1 Å². The van der Waals surface area contributed by atoms with Crippen LogP contribution in [0.25, 0.3) is 0 Å². The molecule has 2 aliphatic rings. The lowest BCUT2D eigenvalue weighted by molar-refractivity contribution is -0.277. The Balaban J connectivity index is 1.32. The number of carbonyl (C=O) groups is 2. The molecule has 1 amide bonds. The van der Waals surface area contributed by atoms with Crippen LogP contribution in [0, 0.1) is 0 Å². The summed E-state index contributed by atoms with van der Waals surface area (Å²) in [6.07, 6.45) is -11.4. The summed E-state index contributed by atoms with van der Waals surface area (Å²) in [4.78, 5) is 27.3. The van der Waals surface area contributed by atoms with Crippen molar-refractivity contribution < 1.29 is 59.2 Å². The molecule has 202 valence electrons. The first-order valence-corrected chi connectivity index (χ1v) is 11.1. The molecular weight excluding hydrogens is 500 g/mol. The van der Waals surface area contributed by atoms with Gasteiger partial charge in [0, 0.05) is 0 Å². The van der Waals surface area contributed by atoms with Crippen LogP contribution in [-0.4, -0.2) is 120 Å². The molecule has 0 spiro atoms. The number of nitrogens with two attached hydrogens (primary N) is 1. The summed E-state index contributed by atoms with van der Waals surface area (Å²) in [5, 5.41) is 63.3. The van der Waals surface area contributed by atoms with Crippen molar-refractivity contribution in [3.8, 4) is 5.75 Å². The summed E-state index contributed by atoms with van der Waals surface area (Å²) in [5.74, 6) is -1.84. The highest BCUT2D eigenvalue weighted by molar-refractivity contribution is 5.89. The Morgan fingerprint density at radius 3 is 2.24 bits per heavy atom. The summed E-state index contributed by atoms with van der Waals surface area (Å²) < 4.78 is 22.4. The topological polar surface area (TPSA) is 249 Å². The van der Waals surface area contributed by atoms with Gasteiger partial charge in [-0.1, -0.05) is 0 Å². The van der Waals surface area contributed by atoms with Gasteiger partial charge in [0.1, 0.15) is 61.4 Å². The van der Waals surface area contributed by atoms with Crippen molar-refractivity contribution in [1.82, 2.24) is 14.8 Å². The van der Waals surface area contributed by atoms with E-state index in [4.69, 9.17) is 24.7 Å². The van der Waals surface area contributed by atoms with E-state index >= 15 is 0 Å². The van der Waals surface area contributed by atoms with Gasteiger partial charge in [-0.25, -0.2) is 14.5 Å². The predicted molar refractivity (Wildman–Crippen MR) is 116 cm³/mol. The molecule has 9 atom stereocenters. The van der Waals surface area contributed by atoms with Crippen LogP contribution in [0.5, 0.6) is 5.75 Å². The van der Waals surface area contributed by atoms with Gasteiger partial charge in [0.15, 0.2) is 6.23 Å². The summed E-state index contributed by atoms with van der Waals surface area (Å²) >= 11 is 0. The normalized spacial score (nSPS) is 33.7. The van der Waals surface area contributed by atoms with E-state index in [0.29, 0.717) is 0 Å². The maximum Gasteiger partial charge on any atom is 0.338 e. The van der Waals surface area contributed by atoms with Gasteiger partial charge in [0.25, 0.3) is 5.91 Å². The lowest BCUT2D eigenvalue weighted by atomic mass is 9.99. The lowest BCUT2D eigenvalue weighted by Gasteiger charge is -2.39. The number of aliphatic hydroxyl groups excluding tert-OH is 6. The largest absolute Gasteiger partial charge is 0.462 e. The fourth-order valence-corrected chi connectivity index (χ4v) is 3.81. The molecule has 0 bridgehead atoms. The zero-order valence-corrected chi connectivity index (χ0v) is 19.0. The van der Waals surface area contributed by atoms with E-state index in [1.165, 1.54) is 24.3 Å². The number of aromatic nitrogens is 3. The molecule has 2 aromatic rings. The average Bonchev–Trinajstić information content (AvgIpc) is 3.49. The summed E-state index contributed by atoms with van der Waals surface area (Å²) in [6, 6.07) is 5.40. The molecule has 3 heterocycles. The molecule has 2 saturated heterocycles. The Labute approximate surface area is 208 Å². The second-order valence-electron chi connectivity index (χ2n) is 8.40. The zero-order valence-electron chi connectivity index (χ0n) is 19.0. The third kappa shape index (κ3) is 5.55. The highest BCUT2D eigenvalue weighted by Gasteiger charge is 2.46. The molecule has 0 radical (unpaired) electrons. The van der Waals surface area contributed by atoms with Crippen molar-refractivity contribution in [2.75, 3.05) is 13.2 Å². The molecule has 1 aromatic carbocycles. The van der Waals surface area contributed by atoms with Crippen LogP contribution < -0.4 is 10.5 Å². The highest BCUT2D eigenvalue weighted by Crippen LogP contribution is 2.29. The summed E-state index contributed by atoms with van der Waals surface area (Å²) in [6.45, 7) is -1.03. The molecule has 4 rings (SSSR count). The maximum atomic E-state index is 12.4. The third-order valence-electron chi connectivity index (χ3n) is 5.90. The third-order valence-corrected chi connectivity index (χ3v) is 5.90. The molecule has 1 aromatic heterocycles. The Bertz CT molecular complexity index is 1100. The van der Waals surface area contributed by atoms with Gasteiger partial charge >= 0.3 is 5.97 Å². The van der Waals surface area contributed by atoms with E-state index in [1.807, 2.05) is 0 Å². The highest BCUT2D eigenvalue weighted by atomic mass is 16.7. The quantitative estimate of drug-likeness (QED) is 0.162. The van der Waals surface area contributed by atoms with E-state index in [1.54, 1.807) is 0 Å². The van der Waals surface area contributed by atoms with E-state index < -0.39 is 80.3 Å². The fraction of sp³-hybridized carbons (Fsp3) is 0.524. The lowest BCUT2D eigenvalue weighted by Crippen LogP contribution is -2.60. The smallest absolute Gasteiger partial charge is 0.338 e. The first-order valence-electron chi connectivity index (χ1n) is 11.1. The Kier molecular flexibility index (Phi) is 8.00. The van der Waals surface area contributed by atoms with E-state index in [9.17, 15) is 40.2 Å². The van der Waals surface area contributed by atoms with E-state index in [2.05, 4.69) is 10.1 Å². The Morgan fingerprint density at radius 2 is 1.62 bits per heavy atom. The average molecular weight is 526 g/mol. The minimum Gasteiger partial charge on any atom is -0.462 e. The van der Waals surface area contributed by atoms with Crippen molar-refractivity contribution in [2.45, 2.75) is 55.2 Å². The van der Waals surface area contributed by atoms with Crippen LogP contribution in [0.1, 0.15) is 27.2 Å². The number of amides is 1. The molecule has 8 N–H and O–H groups in total. The number of benzene rings is 1. The number of hydrogen-bond donors (Lipinski definition) is 7. The molecule has 0 aliphatic carbocycles. The second-order valence-corrected chi connectivity index (χ2v) is 8.40. The van der Waals surface area contributed by atoms with Gasteiger partial charge in [-0.2, -0.15) is 0 Å². The number of esters is 1. The number of nitrogens with zero attached hydrogens (tertiary/aromatic N) is 3. The Hall–Kier alpha value is -3.22. The standard InChI is InChI=1S/C21H26N4O12/c22-17(32)18-23-7-25(24-18)19-15(30)13(28)11(36-19)6-34-20(33)8-1-3-9(4-2-8)35-21-16(31)14(29)12(27)10(5-26)37-21/h1-4,7,10-16,19,21,26-31H,5-6H2,(H2,22,32)/t10?,11-,12+,13-,14?,15-,16?,19-,21-/m1/s1. The van der Waals surface area contributed by atoms with Crippen LogP contribution in [0.4, 0.5) is 0 Å². The second kappa shape index (κ2) is 11.0. The van der Waals surface area contributed by atoms with Crippen molar-refractivity contribution in [1.29, 1.82) is 0 Å². The van der Waals surface area contributed by atoms with Gasteiger partial charge in [0.05, 0.1) is 12.2 Å². The monoisotopic (exact) mass is 526 g/mol. The summed E-state index contributed by atoms with van der Waals surface area (Å²) in [5.41, 5.74) is 5.19. The number of primary amides is 1. The van der Waals surface area contributed by atoms with Gasteiger partial charge in [-0.15, -0.1) is 5.10 Å². The first kappa shape index (κ1) is 26.8. The Morgan fingerprint density at radius 1 is 0.946 bits per heavy atom. The van der Waals surface area contributed by atoms with E-state index in [0.717, 1.165) is 11.0 Å². The molecule has 3 unspecified atom stereocenters. The zero-order chi connectivity index (χ0) is 26.9.